The van der Waals surface area contributed by atoms with Crippen LogP contribution in [0.3, 0.4) is 0 Å². The zero-order chi connectivity index (χ0) is 12.8. The van der Waals surface area contributed by atoms with Gasteiger partial charge < -0.3 is 4.57 Å². The number of carbonyl (C=O) groups is 1. The third-order valence-corrected chi connectivity index (χ3v) is 4.24. The highest BCUT2D eigenvalue weighted by Gasteiger charge is 2.30. The summed E-state index contributed by atoms with van der Waals surface area (Å²) >= 11 is 1.63. The summed E-state index contributed by atoms with van der Waals surface area (Å²) in [5.74, 6) is 0.582. The van der Waals surface area contributed by atoms with Crippen LogP contribution in [0.25, 0.3) is 4.96 Å². The van der Waals surface area contributed by atoms with Crippen LogP contribution in [-0.2, 0) is 6.54 Å². The Bertz CT molecular complexity index is 719. The number of carbonyl (C=O) groups excluding carboxylic acids is 1. The van der Waals surface area contributed by atoms with Crippen molar-refractivity contribution < 1.29 is 4.79 Å². The van der Waals surface area contributed by atoms with Gasteiger partial charge in [0.1, 0.15) is 0 Å². The van der Waals surface area contributed by atoms with Gasteiger partial charge in [-0.1, -0.05) is 0 Å². The summed E-state index contributed by atoms with van der Waals surface area (Å²) < 4.78 is 4.06. The van der Waals surface area contributed by atoms with Gasteiger partial charge in [0, 0.05) is 41.6 Å². The van der Waals surface area contributed by atoms with Gasteiger partial charge in [0.05, 0.1) is 12.2 Å². The van der Waals surface area contributed by atoms with Crippen molar-refractivity contribution in [3.63, 3.8) is 0 Å². The van der Waals surface area contributed by atoms with Gasteiger partial charge in [0.2, 0.25) is 0 Å². The Balaban J connectivity index is 1.56. The lowest BCUT2D eigenvalue weighted by atomic mass is 10.1. The fourth-order valence-electron chi connectivity index (χ4n) is 2.31. The first-order valence-electron chi connectivity index (χ1n) is 6.41. The molecule has 1 saturated carbocycles. The molecule has 19 heavy (non-hydrogen) atoms. The lowest BCUT2D eigenvalue weighted by molar-refractivity contribution is 0.0967. The smallest absolute Gasteiger partial charge is 0.193 e. The number of imidazole rings is 1. The summed E-state index contributed by atoms with van der Waals surface area (Å²) in [6.45, 7) is 0.715. The molecular weight excluding hydrogens is 258 g/mol. The molecule has 1 aliphatic rings. The number of fused-ring (bicyclic) bond motifs is 1. The van der Waals surface area contributed by atoms with Crippen LogP contribution in [0.2, 0.25) is 0 Å². The Kier molecular flexibility index (Phi) is 2.35. The standard InChI is InChI=1S/C14H13N3OS/c18-13(10-1-2-10)11-3-4-16(7-11)8-12-9-17-5-6-19-14(17)15-12/h3-7,9-10H,1-2,8H2. The van der Waals surface area contributed by atoms with Crippen LogP contribution in [0, 0.1) is 5.92 Å². The second-order valence-electron chi connectivity index (χ2n) is 5.04. The van der Waals surface area contributed by atoms with Gasteiger partial charge in [-0.15, -0.1) is 11.3 Å². The molecule has 0 atom stereocenters. The third-order valence-electron chi connectivity index (χ3n) is 3.47. The molecule has 0 bridgehead atoms. The first-order valence-corrected chi connectivity index (χ1v) is 7.28. The molecule has 5 heteroatoms. The zero-order valence-electron chi connectivity index (χ0n) is 10.3. The fraction of sp³-hybridized carbons (Fsp3) is 0.286. The summed E-state index contributed by atoms with van der Waals surface area (Å²) in [4.78, 5) is 17.5. The number of aromatic nitrogens is 3. The summed E-state index contributed by atoms with van der Waals surface area (Å²) in [6, 6.07) is 1.92. The largest absolute Gasteiger partial charge is 0.348 e. The zero-order valence-corrected chi connectivity index (χ0v) is 11.1. The predicted molar refractivity (Wildman–Crippen MR) is 73.7 cm³/mol. The van der Waals surface area contributed by atoms with Crippen molar-refractivity contribution in [2.75, 3.05) is 0 Å². The van der Waals surface area contributed by atoms with Crippen molar-refractivity contribution in [2.24, 2.45) is 5.92 Å². The van der Waals surface area contributed by atoms with Crippen molar-refractivity contribution >= 4 is 22.1 Å². The Morgan fingerprint density at radius 3 is 3.05 bits per heavy atom. The average Bonchev–Trinajstić information content (AvgIpc) is 2.80. The molecular formula is C14H13N3OS. The Labute approximate surface area is 114 Å². The summed E-state index contributed by atoms with van der Waals surface area (Å²) in [5.41, 5.74) is 1.86. The molecule has 3 heterocycles. The van der Waals surface area contributed by atoms with E-state index in [4.69, 9.17) is 0 Å². The molecule has 1 aliphatic carbocycles. The van der Waals surface area contributed by atoms with E-state index in [0.717, 1.165) is 29.1 Å². The second-order valence-corrected chi connectivity index (χ2v) is 5.91. The number of ketones is 1. The molecule has 0 amide bonds. The molecule has 0 saturated heterocycles. The van der Waals surface area contributed by atoms with Gasteiger partial charge in [0.25, 0.3) is 0 Å². The highest BCUT2D eigenvalue weighted by atomic mass is 32.1. The van der Waals surface area contributed by atoms with Gasteiger partial charge in [-0.25, -0.2) is 4.98 Å². The minimum atomic E-state index is 0.286. The summed E-state index contributed by atoms with van der Waals surface area (Å²) in [6.07, 6.45) is 10.1. The van der Waals surface area contributed by atoms with E-state index in [2.05, 4.69) is 4.98 Å². The maximum Gasteiger partial charge on any atom is 0.193 e. The number of Topliss-reactive ketones (excluding diaryl/α,β-unsaturated/α-hetero) is 1. The van der Waals surface area contributed by atoms with E-state index >= 15 is 0 Å². The van der Waals surface area contributed by atoms with Crippen molar-refractivity contribution in [1.82, 2.24) is 14.0 Å². The predicted octanol–water partition coefficient (Wildman–Crippen LogP) is 2.84. The van der Waals surface area contributed by atoms with Crippen LogP contribution in [0.15, 0.2) is 36.2 Å². The minimum Gasteiger partial charge on any atom is -0.348 e. The molecule has 3 aromatic rings. The van der Waals surface area contributed by atoms with E-state index in [9.17, 15) is 4.79 Å². The van der Waals surface area contributed by atoms with E-state index in [-0.39, 0.29) is 5.92 Å². The number of hydrogen-bond acceptors (Lipinski definition) is 3. The Morgan fingerprint density at radius 2 is 2.26 bits per heavy atom. The van der Waals surface area contributed by atoms with Gasteiger partial charge in [0.15, 0.2) is 10.7 Å². The normalized spacial score (nSPS) is 15.2. The monoisotopic (exact) mass is 271 g/mol. The van der Waals surface area contributed by atoms with Crippen LogP contribution >= 0.6 is 11.3 Å². The molecule has 4 nitrogen and oxygen atoms in total. The number of rotatable bonds is 4. The molecule has 96 valence electrons. The number of hydrogen-bond donors (Lipinski definition) is 0. The summed E-state index contributed by atoms with van der Waals surface area (Å²) in [7, 11) is 0. The summed E-state index contributed by atoms with van der Waals surface area (Å²) in [5, 5.41) is 2.02. The molecule has 0 spiro atoms. The first kappa shape index (κ1) is 11.0. The molecule has 0 N–H and O–H groups in total. The van der Waals surface area contributed by atoms with E-state index in [0.29, 0.717) is 12.3 Å². The van der Waals surface area contributed by atoms with Crippen LogP contribution in [-0.4, -0.2) is 19.7 Å². The van der Waals surface area contributed by atoms with E-state index in [1.54, 1.807) is 11.3 Å². The van der Waals surface area contributed by atoms with Gasteiger partial charge in [-0.2, -0.15) is 0 Å². The second kappa shape index (κ2) is 4.06. The Morgan fingerprint density at radius 1 is 1.37 bits per heavy atom. The number of nitrogens with zero attached hydrogens (tertiary/aromatic N) is 3. The highest BCUT2D eigenvalue weighted by Crippen LogP contribution is 2.32. The minimum absolute atomic E-state index is 0.286. The lowest BCUT2D eigenvalue weighted by Crippen LogP contribution is -2.01. The molecule has 4 rings (SSSR count). The van der Waals surface area contributed by atoms with E-state index in [1.165, 1.54) is 0 Å². The molecule has 0 aliphatic heterocycles. The third kappa shape index (κ3) is 2.00. The lowest BCUT2D eigenvalue weighted by Gasteiger charge is -1.98. The van der Waals surface area contributed by atoms with Crippen LogP contribution < -0.4 is 0 Å². The van der Waals surface area contributed by atoms with Crippen LogP contribution in [0.1, 0.15) is 28.9 Å². The molecule has 1 fully saturated rings. The van der Waals surface area contributed by atoms with Crippen LogP contribution in [0.5, 0.6) is 0 Å². The van der Waals surface area contributed by atoms with Crippen LogP contribution in [0.4, 0.5) is 0 Å². The van der Waals surface area contributed by atoms with Gasteiger partial charge in [-0.3, -0.25) is 9.20 Å². The molecule has 3 aromatic heterocycles. The topological polar surface area (TPSA) is 39.3 Å². The van der Waals surface area contributed by atoms with Gasteiger partial charge >= 0.3 is 0 Å². The highest BCUT2D eigenvalue weighted by molar-refractivity contribution is 7.15. The first-order chi connectivity index (χ1) is 9.29. The average molecular weight is 271 g/mol. The molecule has 0 radical (unpaired) electrons. The van der Waals surface area contributed by atoms with E-state index in [1.807, 2.05) is 45.2 Å². The quantitative estimate of drug-likeness (QED) is 0.684. The van der Waals surface area contributed by atoms with Gasteiger partial charge in [-0.05, 0) is 18.9 Å². The van der Waals surface area contributed by atoms with Crippen molar-refractivity contribution in [3.8, 4) is 0 Å². The molecule has 0 unspecified atom stereocenters. The number of thiazole rings is 1. The molecule has 0 aromatic carbocycles. The van der Waals surface area contributed by atoms with E-state index < -0.39 is 0 Å². The SMILES string of the molecule is O=C(c1ccn(Cc2cn3ccsc3n2)c1)C1CC1. The Hall–Kier alpha value is -1.88. The van der Waals surface area contributed by atoms with Crippen molar-refractivity contribution in [1.29, 1.82) is 0 Å². The van der Waals surface area contributed by atoms with Crippen molar-refractivity contribution in [2.45, 2.75) is 19.4 Å². The maximum atomic E-state index is 11.9. The van der Waals surface area contributed by atoms with Crippen molar-refractivity contribution in [3.05, 3.63) is 47.5 Å². The fourth-order valence-corrected chi connectivity index (χ4v) is 3.02. The maximum absolute atomic E-state index is 11.9.